The van der Waals surface area contributed by atoms with Crippen LogP contribution in [0.3, 0.4) is 0 Å². The minimum absolute atomic E-state index is 0.0309. The molecule has 0 saturated carbocycles. The molecule has 37 heavy (non-hydrogen) atoms. The quantitative estimate of drug-likeness (QED) is 0.305. The van der Waals surface area contributed by atoms with Crippen molar-refractivity contribution in [1.82, 2.24) is 9.88 Å². The van der Waals surface area contributed by atoms with Crippen LogP contribution < -0.4 is 14.2 Å². The number of amides is 1. The molecule has 1 saturated heterocycles. The van der Waals surface area contributed by atoms with Gasteiger partial charge in [-0.3, -0.25) is 4.79 Å². The zero-order chi connectivity index (χ0) is 25.8. The summed E-state index contributed by atoms with van der Waals surface area (Å²) in [6.07, 6.45) is 3.36. The molecule has 1 aliphatic rings. The fraction of sp³-hybridized carbons (Fsp3) is 0.310. The molecule has 0 aliphatic carbocycles. The van der Waals surface area contributed by atoms with Crippen LogP contribution in [0.4, 0.5) is 0 Å². The number of carbonyl (C=O) groups excluding carboxylic acids is 1. The molecule has 192 valence electrons. The Morgan fingerprint density at radius 2 is 1.78 bits per heavy atom. The number of benzene rings is 2. The van der Waals surface area contributed by atoms with Crippen LogP contribution in [0, 0.1) is 0 Å². The normalized spacial score (nSPS) is 15.1. The van der Waals surface area contributed by atoms with Gasteiger partial charge in [0, 0.05) is 30.6 Å². The molecule has 1 unspecified atom stereocenters. The predicted octanol–water partition coefficient (Wildman–Crippen LogP) is 5.34. The summed E-state index contributed by atoms with van der Waals surface area (Å²) in [5.74, 6) is 2.05. The van der Waals surface area contributed by atoms with Crippen molar-refractivity contribution in [3.63, 3.8) is 0 Å². The highest BCUT2D eigenvalue weighted by atomic mass is 16.5. The molecule has 1 aliphatic heterocycles. The lowest BCUT2D eigenvalue weighted by molar-refractivity contribution is 0.0484. The number of hydrogen-bond donors (Lipinski definition) is 0. The van der Waals surface area contributed by atoms with E-state index in [0.29, 0.717) is 41.6 Å². The van der Waals surface area contributed by atoms with Crippen molar-refractivity contribution in [2.24, 2.45) is 0 Å². The van der Waals surface area contributed by atoms with Crippen LogP contribution in [0.1, 0.15) is 29.0 Å². The highest BCUT2D eigenvalue weighted by Gasteiger charge is 2.27. The lowest BCUT2D eigenvalue weighted by Gasteiger charge is -2.26. The number of furan rings is 1. The van der Waals surface area contributed by atoms with E-state index in [1.165, 1.54) is 6.26 Å². The Morgan fingerprint density at radius 3 is 2.49 bits per heavy atom. The number of methoxy groups -OCH3 is 3. The standard InChI is InChI=1S/C29H30N2O6/c1-33-23-10-5-4-9-21(23)27-19(16-22-24(34-2)12-13-25(35-3)28(22)30-27)17-31(18-20-8-6-14-36-20)29(32)26-11-7-15-37-26/h4-5,7,9-13,15-16,20H,6,8,14,17-18H2,1-3H3. The molecule has 1 atom stereocenters. The van der Waals surface area contributed by atoms with E-state index in [-0.39, 0.29) is 24.3 Å². The summed E-state index contributed by atoms with van der Waals surface area (Å²) in [6, 6.07) is 16.8. The second-order valence-electron chi connectivity index (χ2n) is 8.86. The maximum atomic E-state index is 13.5. The Balaban J connectivity index is 1.67. The number of fused-ring (bicyclic) bond motifs is 1. The van der Waals surface area contributed by atoms with E-state index in [1.807, 2.05) is 42.5 Å². The van der Waals surface area contributed by atoms with E-state index < -0.39 is 0 Å². The highest BCUT2D eigenvalue weighted by molar-refractivity contribution is 5.94. The second-order valence-corrected chi connectivity index (χ2v) is 8.86. The number of carbonyl (C=O) groups is 1. The first-order valence-electron chi connectivity index (χ1n) is 12.2. The van der Waals surface area contributed by atoms with Crippen molar-refractivity contribution in [1.29, 1.82) is 0 Å². The van der Waals surface area contributed by atoms with Crippen molar-refractivity contribution in [2.45, 2.75) is 25.5 Å². The number of nitrogens with zero attached hydrogens (tertiary/aromatic N) is 2. The molecule has 2 aromatic carbocycles. The average molecular weight is 503 g/mol. The second kappa shape index (κ2) is 10.9. The average Bonchev–Trinajstić information content (AvgIpc) is 3.66. The van der Waals surface area contributed by atoms with Gasteiger partial charge in [-0.1, -0.05) is 12.1 Å². The van der Waals surface area contributed by atoms with Crippen LogP contribution in [0.2, 0.25) is 0 Å². The largest absolute Gasteiger partial charge is 0.496 e. The summed E-state index contributed by atoms with van der Waals surface area (Å²) in [5.41, 5.74) is 3.01. The number of pyridine rings is 1. The van der Waals surface area contributed by atoms with Crippen LogP contribution in [-0.2, 0) is 11.3 Å². The van der Waals surface area contributed by atoms with Gasteiger partial charge in [-0.25, -0.2) is 4.98 Å². The van der Waals surface area contributed by atoms with Gasteiger partial charge in [0.1, 0.15) is 22.8 Å². The molecule has 8 heteroatoms. The van der Waals surface area contributed by atoms with Crippen LogP contribution >= 0.6 is 0 Å². The smallest absolute Gasteiger partial charge is 0.289 e. The number of aromatic nitrogens is 1. The van der Waals surface area contributed by atoms with Crippen molar-refractivity contribution in [3.8, 4) is 28.5 Å². The molecule has 0 bridgehead atoms. The van der Waals surface area contributed by atoms with E-state index in [9.17, 15) is 4.79 Å². The van der Waals surface area contributed by atoms with Gasteiger partial charge in [0.05, 0.1) is 39.4 Å². The lowest BCUT2D eigenvalue weighted by Crippen LogP contribution is -2.37. The molecule has 0 radical (unpaired) electrons. The van der Waals surface area contributed by atoms with E-state index in [4.69, 9.17) is 28.3 Å². The third-order valence-electron chi connectivity index (χ3n) is 6.62. The molecule has 1 amide bonds. The molecular weight excluding hydrogens is 472 g/mol. The molecule has 1 fully saturated rings. The van der Waals surface area contributed by atoms with E-state index >= 15 is 0 Å². The van der Waals surface area contributed by atoms with Crippen LogP contribution in [0.15, 0.2) is 65.3 Å². The van der Waals surface area contributed by atoms with Gasteiger partial charge in [0.2, 0.25) is 0 Å². The van der Waals surface area contributed by atoms with Gasteiger partial charge in [0.15, 0.2) is 5.76 Å². The summed E-state index contributed by atoms with van der Waals surface area (Å²) in [5, 5.41) is 0.790. The van der Waals surface area contributed by atoms with Crippen LogP contribution in [-0.4, -0.2) is 56.4 Å². The summed E-state index contributed by atoms with van der Waals surface area (Å²) in [7, 11) is 4.87. The zero-order valence-corrected chi connectivity index (χ0v) is 21.2. The molecule has 0 spiro atoms. The Morgan fingerprint density at radius 1 is 1.00 bits per heavy atom. The third kappa shape index (κ3) is 4.97. The van der Waals surface area contributed by atoms with E-state index in [2.05, 4.69) is 0 Å². The molecule has 3 heterocycles. The van der Waals surface area contributed by atoms with Gasteiger partial charge >= 0.3 is 0 Å². The molecular formula is C29H30N2O6. The van der Waals surface area contributed by atoms with Gasteiger partial charge in [-0.2, -0.15) is 0 Å². The Bertz CT molecular complexity index is 1380. The van der Waals surface area contributed by atoms with Crippen molar-refractivity contribution in [3.05, 3.63) is 72.2 Å². The molecule has 4 aromatic rings. The van der Waals surface area contributed by atoms with E-state index in [0.717, 1.165) is 29.4 Å². The summed E-state index contributed by atoms with van der Waals surface area (Å²) in [4.78, 5) is 20.4. The van der Waals surface area contributed by atoms with Crippen molar-refractivity contribution < 1.29 is 28.2 Å². The first kappa shape index (κ1) is 24.6. The number of hydrogen-bond acceptors (Lipinski definition) is 7. The highest BCUT2D eigenvalue weighted by Crippen LogP contribution is 2.38. The SMILES string of the molecule is COc1ccccc1-c1nc2c(OC)ccc(OC)c2cc1CN(CC1CCCO1)C(=O)c1ccco1. The van der Waals surface area contributed by atoms with Crippen LogP contribution in [0.25, 0.3) is 22.2 Å². The third-order valence-corrected chi connectivity index (χ3v) is 6.62. The maximum Gasteiger partial charge on any atom is 0.289 e. The fourth-order valence-corrected chi connectivity index (χ4v) is 4.80. The molecule has 2 aromatic heterocycles. The zero-order valence-electron chi connectivity index (χ0n) is 21.2. The summed E-state index contributed by atoms with van der Waals surface area (Å²) in [6.45, 7) is 1.43. The van der Waals surface area contributed by atoms with Crippen LogP contribution in [0.5, 0.6) is 17.2 Å². The molecule has 8 nitrogen and oxygen atoms in total. The summed E-state index contributed by atoms with van der Waals surface area (Å²) < 4.78 is 28.3. The predicted molar refractivity (Wildman–Crippen MR) is 139 cm³/mol. The Kier molecular flexibility index (Phi) is 7.28. The van der Waals surface area contributed by atoms with Crippen molar-refractivity contribution >= 4 is 16.8 Å². The van der Waals surface area contributed by atoms with Gasteiger partial charge in [0.25, 0.3) is 5.91 Å². The first-order valence-corrected chi connectivity index (χ1v) is 12.2. The first-order chi connectivity index (χ1) is 18.1. The lowest BCUT2D eigenvalue weighted by atomic mass is 10.0. The van der Waals surface area contributed by atoms with Gasteiger partial charge in [-0.15, -0.1) is 0 Å². The minimum Gasteiger partial charge on any atom is -0.496 e. The molecule has 5 rings (SSSR count). The van der Waals surface area contributed by atoms with Gasteiger partial charge < -0.3 is 28.3 Å². The fourth-order valence-electron chi connectivity index (χ4n) is 4.80. The minimum atomic E-state index is -0.204. The number of ether oxygens (including phenoxy) is 4. The van der Waals surface area contributed by atoms with Crippen molar-refractivity contribution in [2.75, 3.05) is 34.5 Å². The monoisotopic (exact) mass is 502 g/mol. The summed E-state index contributed by atoms with van der Waals surface area (Å²) >= 11 is 0. The number of rotatable bonds is 9. The Labute approximate surface area is 215 Å². The maximum absolute atomic E-state index is 13.5. The van der Waals surface area contributed by atoms with E-state index in [1.54, 1.807) is 38.4 Å². The molecule has 0 N–H and O–H groups in total. The topological polar surface area (TPSA) is 83.3 Å². The Hall–Kier alpha value is -4.04. The number of para-hydroxylation sites is 1. The van der Waals surface area contributed by atoms with Gasteiger partial charge in [-0.05, 0) is 60.9 Å².